The summed E-state index contributed by atoms with van der Waals surface area (Å²) in [6.07, 6.45) is 0.868. The SMILES string of the molecule is CCN(CC)CC(Cc1ccc(OCc2ccccc2)cc1)NC(N)=S. The van der Waals surface area contributed by atoms with Gasteiger partial charge in [0, 0.05) is 12.6 Å². The predicted octanol–water partition coefficient (Wildman–Crippen LogP) is 3.35. The number of nitrogens with two attached hydrogens (primary N) is 1. The van der Waals surface area contributed by atoms with E-state index in [0.717, 1.165) is 37.4 Å². The van der Waals surface area contributed by atoms with Crippen LogP contribution in [0.25, 0.3) is 0 Å². The van der Waals surface area contributed by atoms with Crippen LogP contribution in [0.1, 0.15) is 25.0 Å². The lowest BCUT2D eigenvalue weighted by atomic mass is 10.1. The van der Waals surface area contributed by atoms with Crippen LogP contribution in [-0.4, -0.2) is 35.7 Å². The van der Waals surface area contributed by atoms with Gasteiger partial charge in [0.1, 0.15) is 12.4 Å². The summed E-state index contributed by atoms with van der Waals surface area (Å²) in [5.41, 5.74) is 8.10. The summed E-state index contributed by atoms with van der Waals surface area (Å²) in [4.78, 5) is 2.37. The highest BCUT2D eigenvalue weighted by Crippen LogP contribution is 2.15. The first-order chi connectivity index (χ1) is 12.6. The molecule has 0 aliphatic rings. The number of rotatable bonds is 10. The van der Waals surface area contributed by atoms with Crippen molar-refractivity contribution in [1.29, 1.82) is 0 Å². The summed E-state index contributed by atoms with van der Waals surface area (Å²) in [6.45, 7) is 7.85. The number of benzene rings is 2. The zero-order valence-corrected chi connectivity index (χ0v) is 16.5. The van der Waals surface area contributed by atoms with Crippen LogP contribution in [0, 0.1) is 0 Å². The molecule has 0 saturated heterocycles. The third-order valence-electron chi connectivity index (χ3n) is 4.37. The molecule has 0 aliphatic heterocycles. The van der Waals surface area contributed by atoms with Crippen LogP contribution in [0.5, 0.6) is 5.75 Å². The molecule has 0 bridgehead atoms. The van der Waals surface area contributed by atoms with Gasteiger partial charge in [-0.1, -0.05) is 56.3 Å². The first-order valence-electron chi connectivity index (χ1n) is 9.14. The number of likely N-dealkylation sites (N-methyl/N-ethyl adjacent to an activating group) is 1. The Labute approximate surface area is 162 Å². The van der Waals surface area contributed by atoms with Crippen LogP contribution < -0.4 is 15.8 Å². The van der Waals surface area contributed by atoms with E-state index < -0.39 is 0 Å². The van der Waals surface area contributed by atoms with Crippen molar-refractivity contribution in [2.24, 2.45) is 5.73 Å². The maximum atomic E-state index is 5.85. The van der Waals surface area contributed by atoms with Gasteiger partial charge in [-0.25, -0.2) is 0 Å². The van der Waals surface area contributed by atoms with Crippen molar-refractivity contribution in [2.45, 2.75) is 32.9 Å². The second-order valence-electron chi connectivity index (χ2n) is 6.31. The van der Waals surface area contributed by atoms with E-state index >= 15 is 0 Å². The molecule has 0 aliphatic carbocycles. The maximum absolute atomic E-state index is 5.85. The average Bonchev–Trinajstić information content (AvgIpc) is 2.65. The van der Waals surface area contributed by atoms with Crippen molar-refractivity contribution >= 4 is 17.3 Å². The van der Waals surface area contributed by atoms with E-state index in [1.165, 1.54) is 5.56 Å². The molecule has 0 spiro atoms. The average molecular weight is 372 g/mol. The Kier molecular flexibility index (Phi) is 8.38. The Morgan fingerprint density at radius 1 is 1.04 bits per heavy atom. The highest BCUT2D eigenvalue weighted by molar-refractivity contribution is 7.80. The Bertz CT molecular complexity index is 657. The maximum Gasteiger partial charge on any atom is 0.163 e. The molecule has 1 unspecified atom stereocenters. The zero-order valence-electron chi connectivity index (χ0n) is 15.7. The molecule has 1 atom stereocenters. The molecule has 0 saturated carbocycles. The van der Waals surface area contributed by atoms with Gasteiger partial charge in [-0.15, -0.1) is 0 Å². The van der Waals surface area contributed by atoms with Gasteiger partial charge in [0.25, 0.3) is 0 Å². The fraction of sp³-hybridized carbons (Fsp3) is 0.381. The monoisotopic (exact) mass is 371 g/mol. The van der Waals surface area contributed by atoms with Crippen LogP contribution in [0.4, 0.5) is 0 Å². The predicted molar refractivity (Wildman–Crippen MR) is 112 cm³/mol. The number of nitrogens with one attached hydrogen (secondary N) is 1. The third-order valence-corrected chi connectivity index (χ3v) is 4.49. The minimum Gasteiger partial charge on any atom is -0.489 e. The van der Waals surface area contributed by atoms with Crippen molar-refractivity contribution in [3.8, 4) is 5.75 Å². The lowest BCUT2D eigenvalue weighted by Gasteiger charge is -2.26. The fourth-order valence-electron chi connectivity index (χ4n) is 2.90. The van der Waals surface area contributed by atoms with Crippen LogP contribution in [0.3, 0.4) is 0 Å². The topological polar surface area (TPSA) is 50.5 Å². The summed E-state index contributed by atoms with van der Waals surface area (Å²) in [6, 6.07) is 18.6. The summed E-state index contributed by atoms with van der Waals surface area (Å²) in [5, 5.41) is 3.58. The smallest absolute Gasteiger partial charge is 0.163 e. The first kappa shape index (κ1) is 20.2. The summed E-state index contributed by atoms with van der Waals surface area (Å²) in [7, 11) is 0. The normalized spacial score (nSPS) is 12.0. The standard InChI is InChI=1S/C21H29N3OS/c1-3-24(4-2)15-19(23-21(22)26)14-17-10-12-20(13-11-17)25-16-18-8-6-5-7-9-18/h5-13,19H,3-4,14-16H2,1-2H3,(H3,22,23,26). The Hall–Kier alpha value is -2.11. The molecule has 2 rings (SSSR count). The quantitative estimate of drug-likeness (QED) is 0.627. The Balaban J connectivity index is 1.93. The molecule has 140 valence electrons. The molecule has 2 aromatic rings. The van der Waals surface area contributed by atoms with Gasteiger partial charge in [-0.3, -0.25) is 0 Å². The van der Waals surface area contributed by atoms with Crippen molar-refractivity contribution in [1.82, 2.24) is 10.2 Å². The molecule has 3 N–H and O–H groups in total. The highest BCUT2D eigenvalue weighted by Gasteiger charge is 2.13. The van der Waals surface area contributed by atoms with Crippen molar-refractivity contribution in [3.63, 3.8) is 0 Å². The van der Waals surface area contributed by atoms with E-state index in [1.807, 2.05) is 30.3 Å². The molecule has 0 radical (unpaired) electrons. The summed E-state index contributed by atoms with van der Waals surface area (Å²) < 4.78 is 5.85. The van der Waals surface area contributed by atoms with Gasteiger partial charge in [-0.2, -0.15) is 0 Å². The van der Waals surface area contributed by atoms with Gasteiger partial charge in [0.2, 0.25) is 0 Å². The molecule has 0 amide bonds. The van der Waals surface area contributed by atoms with Crippen LogP contribution >= 0.6 is 12.2 Å². The number of thiocarbonyl (C=S) groups is 1. The lowest BCUT2D eigenvalue weighted by molar-refractivity contribution is 0.274. The van der Waals surface area contributed by atoms with E-state index in [-0.39, 0.29) is 6.04 Å². The van der Waals surface area contributed by atoms with E-state index in [2.05, 4.69) is 48.3 Å². The number of hydrogen-bond acceptors (Lipinski definition) is 3. The molecule has 4 nitrogen and oxygen atoms in total. The fourth-order valence-corrected chi connectivity index (χ4v) is 3.07. The Morgan fingerprint density at radius 3 is 2.27 bits per heavy atom. The van der Waals surface area contributed by atoms with Crippen molar-refractivity contribution in [3.05, 3.63) is 65.7 Å². The van der Waals surface area contributed by atoms with Gasteiger partial charge < -0.3 is 20.7 Å². The number of hydrogen-bond donors (Lipinski definition) is 2. The highest BCUT2D eigenvalue weighted by atomic mass is 32.1. The molecular formula is C21H29N3OS. The molecule has 0 fully saturated rings. The second-order valence-corrected chi connectivity index (χ2v) is 6.75. The van der Waals surface area contributed by atoms with Crippen molar-refractivity contribution < 1.29 is 4.74 Å². The van der Waals surface area contributed by atoms with Gasteiger partial charge >= 0.3 is 0 Å². The second kappa shape index (κ2) is 10.8. The minimum absolute atomic E-state index is 0.198. The van der Waals surface area contributed by atoms with Crippen LogP contribution in [0.2, 0.25) is 0 Å². The van der Waals surface area contributed by atoms with Crippen molar-refractivity contribution in [2.75, 3.05) is 19.6 Å². The molecule has 2 aromatic carbocycles. The summed E-state index contributed by atoms with van der Waals surface area (Å²) in [5.74, 6) is 0.875. The Morgan fingerprint density at radius 2 is 1.69 bits per heavy atom. The third kappa shape index (κ3) is 7.02. The molecule has 0 aromatic heterocycles. The van der Waals surface area contributed by atoms with E-state index in [1.54, 1.807) is 0 Å². The molecule has 0 heterocycles. The zero-order chi connectivity index (χ0) is 18.8. The molecular weight excluding hydrogens is 342 g/mol. The van der Waals surface area contributed by atoms with Crippen LogP contribution in [-0.2, 0) is 13.0 Å². The van der Waals surface area contributed by atoms with Gasteiger partial charge in [-0.05, 0) is 55.0 Å². The summed E-state index contributed by atoms with van der Waals surface area (Å²) >= 11 is 5.04. The van der Waals surface area contributed by atoms with E-state index in [0.29, 0.717) is 11.7 Å². The number of nitrogens with zero attached hydrogens (tertiary/aromatic N) is 1. The first-order valence-corrected chi connectivity index (χ1v) is 9.55. The van der Waals surface area contributed by atoms with Crippen LogP contribution in [0.15, 0.2) is 54.6 Å². The minimum atomic E-state index is 0.198. The molecule has 5 heteroatoms. The van der Waals surface area contributed by atoms with Gasteiger partial charge in [0.15, 0.2) is 5.11 Å². The number of ether oxygens (including phenoxy) is 1. The van der Waals surface area contributed by atoms with Gasteiger partial charge in [0.05, 0.1) is 0 Å². The largest absolute Gasteiger partial charge is 0.489 e. The lowest BCUT2D eigenvalue weighted by Crippen LogP contribution is -2.46. The van der Waals surface area contributed by atoms with E-state index in [9.17, 15) is 0 Å². The molecule has 26 heavy (non-hydrogen) atoms. The van der Waals surface area contributed by atoms with E-state index in [4.69, 9.17) is 22.7 Å².